The van der Waals surface area contributed by atoms with E-state index in [2.05, 4.69) is 20.5 Å². The number of carbonyl (C=O) groups is 1. The molecule has 1 aromatic carbocycles. The Bertz CT molecular complexity index is 1060. The van der Waals surface area contributed by atoms with Crippen molar-refractivity contribution in [1.29, 1.82) is 0 Å². The van der Waals surface area contributed by atoms with Crippen molar-refractivity contribution in [3.63, 3.8) is 0 Å². The van der Waals surface area contributed by atoms with Crippen LogP contribution in [0.5, 0.6) is 0 Å². The van der Waals surface area contributed by atoms with Gasteiger partial charge in [0, 0.05) is 18.0 Å². The number of aromatic nitrogens is 4. The highest BCUT2D eigenvalue weighted by atomic mass is 32.2. The molecule has 0 saturated heterocycles. The van der Waals surface area contributed by atoms with Gasteiger partial charge in [-0.2, -0.15) is 0 Å². The maximum atomic E-state index is 12.3. The van der Waals surface area contributed by atoms with E-state index in [1.54, 1.807) is 0 Å². The molecule has 3 aromatic heterocycles. The quantitative estimate of drug-likeness (QED) is 0.515. The Morgan fingerprint density at radius 1 is 1.19 bits per heavy atom. The van der Waals surface area contributed by atoms with E-state index in [0.717, 1.165) is 11.3 Å². The van der Waals surface area contributed by atoms with E-state index in [0.29, 0.717) is 20.8 Å². The maximum Gasteiger partial charge on any atom is 0.234 e. The van der Waals surface area contributed by atoms with Gasteiger partial charge in [-0.25, -0.2) is 4.98 Å². The van der Waals surface area contributed by atoms with Gasteiger partial charge in [0.1, 0.15) is 0 Å². The molecule has 0 aliphatic heterocycles. The van der Waals surface area contributed by atoms with Crippen LogP contribution < -0.4 is 11.1 Å². The number of fused-ring (bicyclic) bond motifs is 1. The molecule has 0 radical (unpaired) electrons. The summed E-state index contributed by atoms with van der Waals surface area (Å²) in [5.41, 5.74) is 8.78. The van der Waals surface area contributed by atoms with Gasteiger partial charge >= 0.3 is 0 Å². The first kappa shape index (κ1) is 16.6. The Morgan fingerprint density at radius 3 is 2.81 bits per heavy atom. The number of thioether (sulfide) groups is 1. The summed E-state index contributed by atoms with van der Waals surface area (Å²) < 4.78 is 2.57. The SMILES string of the molecule is Nc1nnc(SCC(=O)Nc2cccn3cc(-c4ccccc4)nc23)s1. The van der Waals surface area contributed by atoms with Gasteiger partial charge in [0.15, 0.2) is 9.99 Å². The highest BCUT2D eigenvalue weighted by molar-refractivity contribution is 8.01. The van der Waals surface area contributed by atoms with Crippen LogP contribution in [0.1, 0.15) is 0 Å². The molecule has 26 heavy (non-hydrogen) atoms. The van der Waals surface area contributed by atoms with E-state index in [-0.39, 0.29) is 11.7 Å². The van der Waals surface area contributed by atoms with Crippen LogP contribution in [0.15, 0.2) is 59.2 Å². The summed E-state index contributed by atoms with van der Waals surface area (Å²) >= 11 is 2.56. The first-order valence-electron chi connectivity index (χ1n) is 7.74. The highest BCUT2D eigenvalue weighted by Gasteiger charge is 2.12. The number of hydrogen-bond acceptors (Lipinski definition) is 7. The summed E-state index contributed by atoms with van der Waals surface area (Å²) in [5.74, 6) is 0.0863. The lowest BCUT2D eigenvalue weighted by Gasteiger charge is -2.05. The number of carbonyl (C=O) groups excluding carboxylic acids is 1. The molecule has 3 heterocycles. The summed E-state index contributed by atoms with van der Waals surface area (Å²) in [7, 11) is 0. The Kier molecular flexibility index (Phi) is 4.55. The third-order valence-electron chi connectivity index (χ3n) is 3.58. The minimum atomic E-state index is -0.138. The number of nitrogens with two attached hydrogens (primary N) is 1. The molecule has 0 saturated carbocycles. The summed E-state index contributed by atoms with van der Waals surface area (Å²) in [6.07, 6.45) is 3.85. The second-order valence-electron chi connectivity index (χ2n) is 5.39. The van der Waals surface area contributed by atoms with Crippen LogP contribution in [0.2, 0.25) is 0 Å². The molecule has 0 spiro atoms. The van der Waals surface area contributed by atoms with E-state index >= 15 is 0 Å². The predicted octanol–water partition coefficient (Wildman–Crippen LogP) is 3.17. The lowest BCUT2D eigenvalue weighted by molar-refractivity contribution is -0.113. The zero-order valence-electron chi connectivity index (χ0n) is 13.5. The van der Waals surface area contributed by atoms with E-state index in [4.69, 9.17) is 5.73 Å². The van der Waals surface area contributed by atoms with Gasteiger partial charge < -0.3 is 15.5 Å². The summed E-state index contributed by atoms with van der Waals surface area (Å²) in [5, 5.41) is 10.9. The number of amides is 1. The number of pyridine rings is 1. The van der Waals surface area contributed by atoms with Gasteiger partial charge in [-0.1, -0.05) is 53.4 Å². The second-order valence-corrected chi connectivity index (χ2v) is 7.62. The number of anilines is 2. The topological polar surface area (TPSA) is 98.2 Å². The number of nitrogens with zero attached hydrogens (tertiary/aromatic N) is 4. The molecule has 9 heteroatoms. The number of rotatable bonds is 5. The average molecular weight is 382 g/mol. The van der Waals surface area contributed by atoms with Crippen molar-refractivity contribution >= 4 is 45.5 Å². The fraction of sp³-hybridized carbons (Fsp3) is 0.0588. The molecule has 130 valence electrons. The van der Waals surface area contributed by atoms with Crippen molar-refractivity contribution in [3.8, 4) is 11.3 Å². The lowest BCUT2D eigenvalue weighted by Crippen LogP contribution is -2.14. The smallest absolute Gasteiger partial charge is 0.234 e. The molecule has 4 rings (SSSR count). The van der Waals surface area contributed by atoms with Crippen molar-refractivity contribution in [2.75, 3.05) is 16.8 Å². The molecule has 7 nitrogen and oxygen atoms in total. The van der Waals surface area contributed by atoms with Crippen molar-refractivity contribution in [3.05, 3.63) is 54.9 Å². The number of benzene rings is 1. The van der Waals surface area contributed by atoms with Crippen LogP contribution in [0.3, 0.4) is 0 Å². The van der Waals surface area contributed by atoms with Crippen molar-refractivity contribution in [2.24, 2.45) is 0 Å². The van der Waals surface area contributed by atoms with Crippen LogP contribution >= 0.6 is 23.1 Å². The molecule has 0 unspecified atom stereocenters. The molecule has 0 fully saturated rings. The minimum Gasteiger partial charge on any atom is -0.374 e. The average Bonchev–Trinajstić information content (AvgIpc) is 3.27. The normalized spacial score (nSPS) is 10.9. The summed E-state index contributed by atoms with van der Waals surface area (Å²) in [6, 6.07) is 13.6. The summed E-state index contributed by atoms with van der Waals surface area (Å²) in [6.45, 7) is 0. The molecule has 0 atom stereocenters. The number of imidazole rings is 1. The first-order chi connectivity index (χ1) is 12.7. The van der Waals surface area contributed by atoms with Gasteiger partial charge in [-0.05, 0) is 12.1 Å². The fourth-order valence-corrected chi connectivity index (χ4v) is 3.89. The van der Waals surface area contributed by atoms with Gasteiger partial charge in [-0.3, -0.25) is 4.79 Å². The zero-order valence-corrected chi connectivity index (χ0v) is 15.1. The molecular formula is C17H14N6OS2. The molecule has 4 aromatic rings. The third-order valence-corrected chi connectivity index (χ3v) is 5.46. The largest absolute Gasteiger partial charge is 0.374 e. The van der Waals surface area contributed by atoms with E-state index < -0.39 is 0 Å². The predicted molar refractivity (Wildman–Crippen MR) is 104 cm³/mol. The Morgan fingerprint density at radius 2 is 2.04 bits per heavy atom. The highest BCUT2D eigenvalue weighted by Crippen LogP contribution is 2.25. The van der Waals surface area contributed by atoms with Crippen molar-refractivity contribution < 1.29 is 4.79 Å². The number of hydrogen-bond donors (Lipinski definition) is 2. The molecule has 1 amide bonds. The van der Waals surface area contributed by atoms with Crippen LogP contribution in [0.25, 0.3) is 16.9 Å². The van der Waals surface area contributed by atoms with Gasteiger partial charge in [0.25, 0.3) is 0 Å². The first-order valence-corrected chi connectivity index (χ1v) is 9.54. The van der Waals surface area contributed by atoms with Crippen LogP contribution in [0.4, 0.5) is 10.8 Å². The fourth-order valence-electron chi connectivity index (χ4n) is 2.45. The van der Waals surface area contributed by atoms with E-state index in [1.807, 2.05) is 59.3 Å². The van der Waals surface area contributed by atoms with Gasteiger partial charge in [0.2, 0.25) is 11.0 Å². The molecule has 0 bridgehead atoms. The standard InChI is InChI=1S/C17H14N6OS2/c18-16-21-22-17(26-16)25-10-14(24)19-12-7-4-8-23-9-13(20-15(12)23)11-5-2-1-3-6-11/h1-9H,10H2,(H2,18,21)(H,19,24). The zero-order chi connectivity index (χ0) is 17.9. The third kappa shape index (κ3) is 3.53. The Hall–Kier alpha value is -2.91. The minimum absolute atomic E-state index is 0.138. The Balaban J connectivity index is 1.52. The van der Waals surface area contributed by atoms with E-state index in [1.165, 1.54) is 23.1 Å². The number of nitrogens with one attached hydrogen (secondary N) is 1. The monoisotopic (exact) mass is 382 g/mol. The molecular weight excluding hydrogens is 368 g/mol. The second kappa shape index (κ2) is 7.14. The van der Waals surface area contributed by atoms with Crippen LogP contribution in [-0.4, -0.2) is 31.2 Å². The Labute approximate surface area is 157 Å². The van der Waals surface area contributed by atoms with Gasteiger partial charge in [0.05, 0.1) is 17.1 Å². The number of nitrogen functional groups attached to an aromatic ring is 1. The molecule has 0 aliphatic rings. The van der Waals surface area contributed by atoms with Gasteiger partial charge in [-0.15, -0.1) is 10.2 Å². The molecule has 0 aliphatic carbocycles. The molecule has 3 N–H and O–H groups in total. The maximum absolute atomic E-state index is 12.3. The lowest BCUT2D eigenvalue weighted by atomic mass is 10.2. The van der Waals surface area contributed by atoms with E-state index in [9.17, 15) is 4.79 Å². The van der Waals surface area contributed by atoms with Crippen LogP contribution in [0, 0.1) is 0 Å². The summed E-state index contributed by atoms with van der Waals surface area (Å²) in [4.78, 5) is 16.9. The van der Waals surface area contributed by atoms with Crippen molar-refractivity contribution in [2.45, 2.75) is 4.34 Å². The van der Waals surface area contributed by atoms with Crippen LogP contribution in [-0.2, 0) is 4.79 Å². The van der Waals surface area contributed by atoms with Crippen molar-refractivity contribution in [1.82, 2.24) is 19.6 Å².